The van der Waals surface area contributed by atoms with E-state index in [-0.39, 0.29) is 5.91 Å². The standard InChI is InChI=1S/C16H10N4O2S2/c21-13(11-9-23-15(17-11)12-7-4-8-22-12)18-16-20-19-14(24-16)10-5-2-1-3-6-10/h1-9H,(H,18,20,21). The molecule has 0 bridgehead atoms. The Bertz CT molecular complexity index is 961. The molecule has 1 aromatic carbocycles. The van der Waals surface area contributed by atoms with Crippen LogP contribution in [-0.2, 0) is 0 Å². The molecule has 0 unspecified atom stereocenters. The topological polar surface area (TPSA) is 80.9 Å². The Labute approximate surface area is 144 Å². The molecule has 0 aliphatic heterocycles. The van der Waals surface area contributed by atoms with Crippen LogP contribution in [0.25, 0.3) is 21.3 Å². The molecule has 4 aromatic rings. The summed E-state index contributed by atoms with van der Waals surface area (Å²) in [7, 11) is 0. The van der Waals surface area contributed by atoms with Crippen molar-refractivity contribution in [2.24, 2.45) is 0 Å². The van der Waals surface area contributed by atoms with Crippen molar-refractivity contribution in [1.29, 1.82) is 0 Å². The van der Waals surface area contributed by atoms with E-state index < -0.39 is 0 Å². The molecule has 24 heavy (non-hydrogen) atoms. The fourth-order valence-electron chi connectivity index (χ4n) is 2.02. The Hall–Kier alpha value is -2.84. The Kier molecular flexibility index (Phi) is 3.89. The van der Waals surface area contributed by atoms with Gasteiger partial charge in [-0.15, -0.1) is 21.5 Å². The van der Waals surface area contributed by atoms with Crippen LogP contribution in [0.1, 0.15) is 10.5 Å². The second-order valence-electron chi connectivity index (χ2n) is 4.75. The molecule has 0 spiro atoms. The van der Waals surface area contributed by atoms with Gasteiger partial charge in [0.05, 0.1) is 6.26 Å². The third kappa shape index (κ3) is 2.97. The van der Waals surface area contributed by atoms with Crippen LogP contribution in [0.5, 0.6) is 0 Å². The molecule has 3 aromatic heterocycles. The third-order valence-electron chi connectivity index (χ3n) is 3.13. The molecule has 0 saturated carbocycles. The smallest absolute Gasteiger partial charge is 0.276 e. The summed E-state index contributed by atoms with van der Waals surface area (Å²) < 4.78 is 5.28. The van der Waals surface area contributed by atoms with Gasteiger partial charge in [-0.2, -0.15) is 0 Å². The second kappa shape index (κ2) is 6.34. The van der Waals surface area contributed by atoms with E-state index in [4.69, 9.17) is 4.42 Å². The van der Waals surface area contributed by atoms with Crippen LogP contribution in [0.3, 0.4) is 0 Å². The fraction of sp³-hybridized carbons (Fsp3) is 0. The molecular weight excluding hydrogens is 344 g/mol. The van der Waals surface area contributed by atoms with E-state index in [1.54, 1.807) is 23.8 Å². The minimum Gasteiger partial charge on any atom is -0.462 e. The third-order valence-corrected chi connectivity index (χ3v) is 4.88. The highest BCUT2D eigenvalue weighted by Gasteiger charge is 2.15. The Balaban J connectivity index is 1.50. The summed E-state index contributed by atoms with van der Waals surface area (Å²) in [5, 5.41) is 14.4. The van der Waals surface area contributed by atoms with E-state index in [2.05, 4.69) is 20.5 Å². The fourth-order valence-corrected chi connectivity index (χ4v) is 3.53. The summed E-state index contributed by atoms with van der Waals surface area (Å²) in [5.41, 5.74) is 1.28. The molecule has 0 saturated heterocycles. The first-order chi connectivity index (χ1) is 11.8. The normalized spacial score (nSPS) is 10.7. The highest BCUT2D eigenvalue weighted by molar-refractivity contribution is 7.18. The van der Waals surface area contributed by atoms with E-state index in [1.807, 2.05) is 30.3 Å². The second-order valence-corrected chi connectivity index (χ2v) is 6.58. The van der Waals surface area contributed by atoms with E-state index in [1.165, 1.54) is 22.7 Å². The number of benzene rings is 1. The first-order valence-corrected chi connectivity index (χ1v) is 8.69. The zero-order valence-electron chi connectivity index (χ0n) is 12.2. The molecule has 0 aliphatic carbocycles. The Morgan fingerprint density at radius 1 is 1.04 bits per heavy atom. The SMILES string of the molecule is O=C(Nc1nnc(-c2ccccc2)s1)c1csc(-c2ccco2)n1. The minimum absolute atomic E-state index is 0.320. The average molecular weight is 354 g/mol. The zero-order chi connectivity index (χ0) is 16.4. The zero-order valence-corrected chi connectivity index (χ0v) is 13.8. The lowest BCUT2D eigenvalue weighted by Crippen LogP contribution is -2.12. The number of nitrogens with zero attached hydrogens (tertiary/aromatic N) is 3. The van der Waals surface area contributed by atoms with Crippen LogP contribution in [0.4, 0.5) is 5.13 Å². The number of amides is 1. The van der Waals surface area contributed by atoms with Crippen LogP contribution in [0.2, 0.25) is 0 Å². The van der Waals surface area contributed by atoms with Gasteiger partial charge in [-0.25, -0.2) is 4.98 Å². The summed E-state index contributed by atoms with van der Waals surface area (Å²) in [4.78, 5) is 16.6. The van der Waals surface area contributed by atoms with Gasteiger partial charge in [-0.3, -0.25) is 10.1 Å². The van der Waals surface area contributed by atoms with Gasteiger partial charge >= 0.3 is 0 Å². The predicted octanol–water partition coefficient (Wildman–Crippen LogP) is 4.17. The molecular formula is C16H10N4O2S2. The van der Waals surface area contributed by atoms with E-state index in [0.29, 0.717) is 21.6 Å². The van der Waals surface area contributed by atoms with Crippen molar-refractivity contribution in [1.82, 2.24) is 15.2 Å². The van der Waals surface area contributed by atoms with Crippen molar-refractivity contribution >= 4 is 33.7 Å². The highest BCUT2D eigenvalue weighted by atomic mass is 32.1. The monoisotopic (exact) mass is 354 g/mol. The van der Waals surface area contributed by atoms with Gasteiger partial charge in [0.25, 0.3) is 5.91 Å². The molecule has 0 aliphatic rings. The number of hydrogen-bond donors (Lipinski definition) is 1. The van der Waals surface area contributed by atoms with Crippen molar-refractivity contribution in [3.63, 3.8) is 0 Å². The van der Waals surface area contributed by atoms with Crippen LogP contribution < -0.4 is 5.32 Å². The molecule has 118 valence electrons. The molecule has 1 amide bonds. The minimum atomic E-state index is -0.320. The predicted molar refractivity (Wildman–Crippen MR) is 93.1 cm³/mol. The number of thiazole rings is 1. The quantitative estimate of drug-likeness (QED) is 0.595. The largest absolute Gasteiger partial charge is 0.462 e. The number of hydrogen-bond acceptors (Lipinski definition) is 7. The number of aromatic nitrogens is 3. The average Bonchev–Trinajstić information content (AvgIpc) is 3.36. The van der Waals surface area contributed by atoms with Gasteiger partial charge in [0, 0.05) is 10.9 Å². The summed E-state index contributed by atoms with van der Waals surface area (Å²) in [5.74, 6) is 0.321. The van der Waals surface area contributed by atoms with Gasteiger partial charge in [-0.1, -0.05) is 41.7 Å². The summed E-state index contributed by atoms with van der Waals surface area (Å²) in [6.45, 7) is 0. The van der Waals surface area contributed by atoms with Gasteiger partial charge in [0.2, 0.25) is 5.13 Å². The maximum absolute atomic E-state index is 12.3. The molecule has 3 heterocycles. The lowest BCUT2D eigenvalue weighted by molar-refractivity contribution is 0.102. The highest BCUT2D eigenvalue weighted by Crippen LogP contribution is 2.27. The lowest BCUT2D eigenvalue weighted by atomic mass is 10.2. The number of furan rings is 1. The summed E-state index contributed by atoms with van der Waals surface area (Å²) in [6.07, 6.45) is 1.57. The molecule has 0 radical (unpaired) electrons. The molecule has 6 nitrogen and oxygen atoms in total. The van der Waals surface area contributed by atoms with E-state index in [9.17, 15) is 4.79 Å². The number of nitrogens with one attached hydrogen (secondary N) is 1. The molecule has 4 rings (SSSR count). The van der Waals surface area contributed by atoms with Crippen LogP contribution in [0, 0.1) is 0 Å². The first kappa shape index (κ1) is 14.7. The Morgan fingerprint density at radius 3 is 2.71 bits per heavy atom. The van der Waals surface area contributed by atoms with Gasteiger partial charge in [0.15, 0.2) is 10.8 Å². The number of carbonyl (C=O) groups excluding carboxylic acids is 1. The number of rotatable bonds is 4. The van der Waals surface area contributed by atoms with Crippen LogP contribution >= 0.6 is 22.7 Å². The lowest BCUT2D eigenvalue weighted by Gasteiger charge is -1.96. The van der Waals surface area contributed by atoms with Gasteiger partial charge in [-0.05, 0) is 12.1 Å². The van der Waals surface area contributed by atoms with Gasteiger partial charge in [0.1, 0.15) is 10.7 Å². The van der Waals surface area contributed by atoms with Crippen molar-refractivity contribution < 1.29 is 9.21 Å². The van der Waals surface area contributed by atoms with Crippen molar-refractivity contribution in [3.8, 4) is 21.3 Å². The van der Waals surface area contributed by atoms with Crippen LogP contribution in [0.15, 0.2) is 58.5 Å². The van der Waals surface area contributed by atoms with Crippen molar-refractivity contribution in [3.05, 3.63) is 59.8 Å². The van der Waals surface area contributed by atoms with E-state index in [0.717, 1.165) is 10.6 Å². The maximum Gasteiger partial charge on any atom is 0.276 e. The molecule has 0 atom stereocenters. The molecule has 0 fully saturated rings. The van der Waals surface area contributed by atoms with Gasteiger partial charge < -0.3 is 4.42 Å². The number of anilines is 1. The maximum atomic E-state index is 12.3. The van der Waals surface area contributed by atoms with Crippen molar-refractivity contribution in [2.75, 3.05) is 5.32 Å². The number of carbonyl (C=O) groups is 1. The van der Waals surface area contributed by atoms with Crippen molar-refractivity contribution in [2.45, 2.75) is 0 Å². The summed E-state index contributed by atoms with van der Waals surface area (Å²) in [6, 6.07) is 13.3. The van der Waals surface area contributed by atoms with Crippen LogP contribution in [-0.4, -0.2) is 21.1 Å². The molecule has 8 heteroatoms. The Morgan fingerprint density at radius 2 is 1.92 bits per heavy atom. The first-order valence-electron chi connectivity index (χ1n) is 6.99. The summed E-state index contributed by atoms with van der Waals surface area (Å²) >= 11 is 2.67. The van der Waals surface area contributed by atoms with E-state index >= 15 is 0 Å². The molecule has 1 N–H and O–H groups in total.